The predicted octanol–water partition coefficient (Wildman–Crippen LogP) is 6.00. The van der Waals surface area contributed by atoms with Crippen LogP contribution in [0, 0.1) is 5.92 Å². The van der Waals surface area contributed by atoms with E-state index in [-0.39, 0.29) is 12.5 Å². The molecular weight excluding hydrogens is 612 g/mol. The molecule has 0 saturated heterocycles. The van der Waals surface area contributed by atoms with Crippen LogP contribution in [0.15, 0.2) is 86.7 Å². The molecule has 5 rings (SSSR count). The summed E-state index contributed by atoms with van der Waals surface area (Å²) in [6.45, 7) is 1.17. The van der Waals surface area contributed by atoms with Crippen LogP contribution in [0.3, 0.4) is 0 Å². The Kier molecular flexibility index (Phi) is 8.51. The topological polar surface area (TPSA) is 80.2 Å². The Morgan fingerprint density at radius 3 is 2.47 bits per heavy atom. The lowest BCUT2D eigenvalue weighted by Gasteiger charge is -2.31. The molecule has 1 heterocycles. The van der Waals surface area contributed by atoms with E-state index in [2.05, 4.69) is 37.2 Å². The second kappa shape index (κ2) is 12.0. The first-order chi connectivity index (χ1) is 18.5. The molecule has 2 atom stereocenters. The molecule has 0 radical (unpaired) electrons. The van der Waals surface area contributed by atoms with Crippen molar-refractivity contribution < 1.29 is 19.4 Å². The van der Waals surface area contributed by atoms with Gasteiger partial charge in [0.1, 0.15) is 5.75 Å². The first-order valence-corrected chi connectivity index (χ1v) is 14.4. The quantitative estimate of drug-likeness (QED) is 0.252. The fourth-order valence-electron chi connectivity index (χ4n) is 4.56. The third-order valence-corrected chi connectivity index (χ3v) is 8.17. The molecule has 1 aliphatic carbocycles. The first kappa shape index (κ1) is 26.9. The van der Waals surface area contributed by atoms with E-state index < -0.39 is 11.6 Å². The monoisotopic (exact) mass is 640 g/mol. The van der Waals surface area contributed by atoms with Gasteiger partial charge in [-0.05, 0) is 72.4 Å². The molecule has 3 aromatic rings. The van der Waals surface area contributed by atoms with E-state index in [0.717, 1.165) is 38.5 Å². The van der Waals surface area contributed by atoms with Crippen molar-refractivity contribution in [3.63, 3.8) is 0 Å². The highest BCUT2D eigenvalue weighted by Crippen LogP contribution is 2.44. The molecule has 8 heteroatoms. The lowest BCUT2D eigenvalue weighted by Crippen LogP contribution is -2.50. The van der Waals surface area contributed by atoms with Crippen LogP contribution in [0.25, 0.3) is 0 Å². The molecular formula is C30H30Br2N2O4. The summed E-state index contributed by atoms with van der Waals surface area (Å²) in [6.07, 6.45) is 2.62. The van der Waals surface area contributed by atoms with Gasteiger partial charge in [-0.15, -0.1) is 0 Å². The number of hydrogen-bond acceptors (Lipinski definition) is 5. The minimum absolute atomic E-state index is 0.0859. The van der Waals surface area contributed by atoms with Crippen molar-refractivity contribution in [1.29, 1.82) is 0 Å². The van der Waals surface area contributed by atoms with Gasteiger partial charge in [-0.2, -0.15) is 0 Å². The minimum atomic E-state index is -1.20. The lowest BCUT2D eigenvalue weighted by molar-refractivity contribution is -0.129. The van der Waals surface area contributed by atoms with E-state index in [1.807, 2.05) is 72.8 Å². The highest BCUT2D eigenvalue weighted by atomic mass is 79.9. The number of aliphatic imine (C=N–C) groups is 1. The summed E-state index contributed by atoms with van der Waals surface area (Å²) in [7, 11) is 0. The van der Waals surface area contributed by atoms with E-state index >= 15 is 0 Å². The van der Waals surface area contributed by atoms with Gasteiger partial charge < -0.3 is 19.9 Å². The highest BCUT2D eigenvalue weighted by Gasteiger charge is 2.53. The van der Waals surface area contributed by atoms with Gasteiger partial charge in [0.2, 0.25) is 5.90 Å². The molecule has 1 fully saturated rings. The van der Waals surface area contributed by atoms with Crippen molar-refractivity contribution in [1.82, 2.24) is 5.32 Å². The zero-order chi connectivity index (χ0) is 26.5. The number of halogens is 2. The number of amides is 1. The summed E-state index contributed by atoms with van der Waals surface area (Å²) in [5, 5.41) is 12.2. The molecule has 1 aliphatic heterocycles. The van der Waals surface area contributed by atoms with Crippen molar-refractivity contribution in [3.05, 3.63) is 98.4 Å². The molecule has 38 heavy (non-hydrogen) atoms. The fourth-order valence-corrected chi connectivity index (χ4v) is 5.25. The minimum Gasteiger partial charge on any atom is -0.494 e. The summed E-state index contributed by atoms with van der Waals surface area (Å²) in [5.74, 6) is 1.53. The molecule has 3 aromatic carbocycles. The van der Waals surface area contributed by atoms with Gasteiger partial charge in [0, 0.05) is 40.5 Å². The molecule has 0 spiro atoms. The Labute approximate surface area is 239 Å². The largest absolute Gasteiger partial charge is 0.494 e. The van der Waals surface area contributed by atoms with E-state index in [9.17, 15) is 4.79 Å². The third-order valence-electron chi connectivity index (χ3n) is 6.87. The number of benzene rings is 3. The smallest absolute Gasteiger partial charge is 0.252 e. The number of hydrogen-bond donors (Lipinski definition) is 2. The van der Waals surface area contributed by atoms with Crippen LogP contribution in [-0.2, 0) is 16.0 Å². The number of nitrogens with zero attached hydrogens (tertiary/aromatic N) is 1. The average molecular weight is 642 g/mol. The lowest BCUT2D eigenvalue weighted by atomic mass is 9.82. The molecule has 198 valence electrons. The maximum Gasteiger partial charge on any atom is 0.252 e. The van der Waals surface area contributed by atoms with Crippen molar-refractivity contribution in [2.24, 2.45) is 10.9 Å². The Balaban J connectivity index is 1.54. The van der Waals surface area contributed by atoms with E-state index in [4.69, 9.17) is 19.6 Å². The van der Waals surface area contributed by atoms with E-state index in [1.54, 1.807) is 0 Å². The van der Waals surface area contributed by atoms with Crippen LogP contribution in [0.1, 0.15) is 42.1 Å². The molecule has 2 N–H and O–H groups in total. The van der Waals surface area contributed by atoms with Crippen LogP contribution in [-0.4, -0.2) is 42.2 Å². The van der Waals surface area contributed by atoms with Gasteiger partial charge in [-0.1, -0.05) is 62.2 Å². The highest BCUT2D eigenvalue weighted by molar-refractivity contribution is 9.10. The maximum atomic E-state index is 14.1. The van der Waals surface area contributed by atoms with Crippen molar-refractivity contribution >= 4 is 43.7 Å². The number of aliphatic hydroxyl groups excluding tert-OH is 1. The van der Waals surface area contributed by atoms with Crippen LogP contribution in [0.2, 0.25) is 0 Å². The molecule has 6 nitrogen and oxygen atoms in total. The molecule has 1 saturated carbocycles. The number of nitrogens with one attached hydrogen (secondary N) is 1. The van der Waals surface area contributed by atoms with Crippen molar-refractivity contribution in [3.8, 4) is 5.75 Å². The van der Waals surface area contributed by atoms with Gasteiger partial charge in [-0.3, -0.25) is 4.79 Å². The fraction of sp³-hybridized carbons (Fsp3) is 0.333. The maximum absolute atomic E-state index is 14.1. The molecule has 0 unspecified atom stereocenters. The molecule has 0 aromatic heterocycles. The predicted molar refractivity (Wildman–Crippen MR) is 154 cm³/mol. The van der Waals surface area contributed by atoms with E-state index in [1.165, 1.54) is 0 Å². The van der Waals surface area contributed by atoms with Crippen molar-refractivity contribution in [2.75, 3.05) is 19.8 Å². The third kappa shape index (κ3) is 6.14. The molecule has 2 aliphatic rings. The Morgan fingerprint density at radius 1 is 1.05 bits per heavy atom. The second-order valence-electron chi connectivity index (χ2n) is 9.76. The summed E-state index contributed by atoms with van der Waals surface area (Å²) in [4.78, 5) is 19.2. The Bertz CT molecular complexity index is 1290. The normalized spacial score (nSPS) is 20.5. The van der Waals surface area contributed by atoms with Gasteiger partial charge in [0.15, 0.2) is 11.6 Å². The van der Waals surface area contributed by atoms with Gasteiger partial charge >= 0.3 is 0 Å². The Hall–Kier alpha value is -2.68. The number of rotatable bonds is 11. The summed E-state index contributed by atoms with van der Waals surface area (Å²) < 4.78 is 14.1. The average Bonchev–Trinajstić information content (AvgIpc) is 3.69. The van der Waals surface area contributed by atoms with Crippen LogP contribution >= 0.6 is 31.9 Å². The van der Waals surface area contributed by atoms with E-state index in [0.29, 0.717) is 43.6 Å². The van der Waals surface area contributed by atoms with Crippen LogP contribution < -0.4 is 10.1 Å². The number of ether oxygens (including phenoxy) is 2. The number of aliphatic hydroxyl groups is 1. The molecule has 0 bridgehead atoms. The first-order valence-electron chi connectivity index (χ1n) is 12.9. The van der Waals surface area contributed by atoms with Gasteiger partial charge in [0.05, 0.1) is 6.61 Å². The standard InChI is InChI=1S/C30H30Br2N2O4/c31-24-12-8-21(9-13-24)27-30(29(36)33-19-20-6-7-20,18-23-4-1-2-5-26(23)32)34-28(38-27)22-10-14-25(15-11-22)37-17-3-16-35/h1-2,4-5,8-15,20,27,35H,3,6-7,16-19H2,(H,33,36)/t27-,30-/m1/s1. The van der Waals surface area contributed by atoms with Crippen molar-refractivity contribution in [2.45, 2.75) is 37.3 Å². The number of carbonyl (C=O) groups is 1. The second-order valence-corrected chi connectivity index (χ2v) is 11.5. The Morgan fingerprint density at radius 2 is 1.79 bits per heavy atom. The zero-order valence-corrected chi connectivity index (χ0v) is 24.1. The van der Waals surface area contributed by atoms with Crippen LogP contribution in [0.4, 0.5) is 0 Å². The summed E-state index contributed by atoms with van der Waals surface area (Å²) in [5.41, 5.74) is 1.44. The molecule has 1 amide bonds. The SMILES string of the molecule is O=C(NCC1CC1)[C@]1(Cc2ccccc2Br)N=C(c2ccc(OCCCO)cc2)O[C@@H]1c1ccc(Br)cc1. The zero-order valence-electron chi connectivity index (χ0n) is 20.9. The van der Waals surface area contributed by atoms with Crippen LogP contribution in [0.5, 0.6) is 5.75 Å². The van der Waals surface area contributed by atoms with Gasteiger partial charge in [0.25, 0.3) is 5.91 Å². The summed E-state index contributed by atoms with van der Waals surface area (Å²) in [6, 6.07) is 23.3. The van der Waals surface area contributed by atoms with Gasteiger partial charge in [-0.25, -0.2) is 4.99 Å². The number of carbonyl (C=O) groups excluding carboxylic acids is 1. The summed E-state index contributed by atoms with van der Waals surface area (Å²) >= 11 is 7.19.